The van der Waals surface area contributed by atoms with E-state index in [2.05, 4.69) is 20.8 Å². The van der Waals surface area contributed by atoms with Crippen molar-refractivity contribution >= 4 is 0 Å². The molecule has 0 saturated carbocycles. The molecule has 2 atom stereocenters. The van der Waals surface area contributed by atoms with Gasteiger partial charge in [-0.3, -0.25) is 0 Å². The summed E-state index contributed by atoms with van der Waals surface area (Å²) in [7, 11) is 0. The third-order valence-electron chi connectivity index (χ3n) is 2.37. The minimum absolute atomic E-state index is 0.117. The molecule has 0 radical (unpaired) electrons. The van der Waals surface area contributed by atoms with Crippen LogP contribution in [0.3, 0.4) is 0 Å². The van der Waals surface area contributed by atoms with Crippen LogP contribution in [-0.4, -0.2) is 17.5 Å². The molecule has 0 bridgehead atoms. The Morgan fingerprint density at radius 2 is 2.08 bits per heavy atom. The second kappa shape index (κ2) is 3.19. The molecule has 0 aromatic heterocycles. The molecule has 2 unspecified atom stereocenters. The van der Waals surface area contributed by atoms with Gasteiger partial charge in [0.15, 0.2) is 6.29 Å². The number of aliphatic hydroxyl groups is 1. The van der Waals surface area contributed by atoms with Crippen molar-refractivity contribution in [1.82, 2.24) is 0 Å². The maximum Gasteiger partial charge on any atom is 0.177 e. The van der Waals surface area contributed by atoms with E-state index in [1.165, 1.54) is 0 Å². The molecule has 0 aliphatic carbocycles. The van der Waals surface area contributed by atoms with Crippen LogP contribution in [0.4, 0.5) is 0 Å². The van der Waals surface area contributed by atoms with E-state index >= 15 is 0 Å². The van der Waals surface area contributed by atoms with Crippen molar-refractivity contribution in [3.8, 4) is 0 Å². The van der Waals surface area contributed by atoms with Crippen molar-refractivity contribution in [2.24, 2.45) is 5.41 Å². The third-order valence-corrected chi connectivity index (χ3v) is 2.37. The third kappa shape index (κ3) is 1.87. The molecule has 70 valence electrons. The Labute approximate surface area is 74.2 Å². The zero-order valence-electron chi connectivity index (χ0n) is 8.29. The molecular formula is C10H18O2. The summed E-state index contributed by atoms with van der Waals surface area (Å²) in [6.45, 7) is 8.32. The van der Waals surface area contributed by atoms with Crippen molar-refractivity contribution in [2.45, 2.75) is 46.5 Å². The number of hydrogen-bond acceptors (Lipinski definition) is 2. The van der Waals surface area contributed by atoms with Crippen LogP contribution in [0, 0.1) is 5.41 Å². The Morgan fingerprint density at radius 3 is 2.33 bits per heavy atom. The molecule has 1 aliphatic rings. The van der Waals surface area contributed by atoms with E-state index in [1.54, 1.807) is 0 Å². The highest BCUT2D eigenvalue weighted by Gasteiger charge is 2.35. The highest BCUT2D eigenvalue weighted by atomic mass is 16.6. The monoisotopic (exact) mass is 170 g/mol. The lowest BCUT2D eigenvalue weighted by atomic mass is 9.87. The van der Waals surface area contributed by atoms with E-state index < -0.39 is 6.29 Å². The van der Waals surface area contributed by atoms with Gasteiger partial charge >= 0.3 is 0 Å². The molecule has 1 fully saturated rings. The molecule has 0 aromatic carbocycles. The van der Waals surface area contributed by atoms with Gasteiger partial charge in [-0.15, -0.1) is 0 Å². The number of ether oxygens (including phenoxy) is 1. The van der Waals surface area contributed by atoms with Crippen molar-refractivity contribution < 1.29 is 9.84 Å². The van der Waals surface area contributed by atoms with E-state index in [-0.39, 0.29) is 11.5 Å². The number of allylic oxidation sites excluding steroid dienone is 1. The van der Waals surface area contributed by atoms with Gasteiger partial charge in [-0.2, -0.15) is 0 Å². The summed E-state index contributed by atoms with van der Waals surface area (Å²) in [6.07, 6.45) is 2.29. The Morgan fingerprint density at radius 1 is 1.50 bits per heavy atom. The second-order valence-electron chi connectivity index (χ2n) is 4.41. The Bertz CT molecular complexity index is 189. The molecule has 0 amide bonds. The quantitative estimate of drug-likeness (QED) is 0.564. The van der Waals surface area contributed by atoms with Crippen LogP contribution >= 0.6 is 0 Å². The van der Waals surface area contributed by atoms with Crippen LogP contribution in [0.25, 0.3) is 0 Å². The Kier molecular flexibility index (Phi) is 2.59. The zero-order valence-corrected chi connectivity index (χ0v) is 8.29. The molecule has 0 aromatic rings. The summed E-state index contributed by atoms with van der Waals surface area (Å²) >= 11 is 0. The van der Waals surface area contributed by atoms with Crippen LogP contribution in [0.15, 0.2) is 11.6 Å². The van der Waals surface area contributed by atoms with E-state index in [1.807, 2.05) is 13.0 Å². The standard InChI is InChI=1S/C10H18O2/c1-5-7-6-8(10(2,3)4)12-9(7)11/h5,8-9,11H,6H2,1-4H3/b7-5+. The Hall–Kier alpha value is -0.340. The van der Waals surface area contributed by atoms with Gasteiger partial charge < -0.3 is 9.84 Å². The summed E-state index contributed by atoms with van der Waals surface area (Å²) in [4.78, 5) is 0. The maximum absolute atomic E-state index is 9.43. The van der Waals surface area contributed by atoms with Gasteiger partial charge in [-0.05, 0) is 17.9 Å². The molecule has 0 spiro atoms. The highest BCUT2D eigenvalue weighted by Crippen LogP contribution is 2.35. The Balaban J connectivity index is 2.67. The molecule has 1 N–H and O–H groups in total. The van der Waals surface area contributed by atoms with E-state index in [0.717, 1.165) is 12.0 Å². The van der Waals surface area contributed by atoms with Gasteiger partial charge in [0.05, 0.1) is 6.10 Å². The molecule has 1 aliphatic heterocycles. The van der Waals surface area contributed by atoms with Crippen LogP contribution in [0.2, 0.25) is 0 Å². The van der Waals surface area contributed by atoms with Gasteiger partial charge in [0.25, 0.3) is 0 Å². The average molecular weight is 170 g/mol. The largest absolute Gasteiger partial charge is 0.364 e. The van der Waals surface area contributed by atoms with Crippen LogP contribution in [-0.2, 0) is 4.74 Å². The van der Waals surface area contributed by atoms with E-state index in [0.29, 0.717) is 0 Å². The van der Waals surface area contributed by atoms with Crippen molar-refractivity contribution in [3.63, 3.8) is 0 Å². The minimum Gasteiger partial charge on any atom is -0.364 e. The predicted molar refractivity (Wildman–Crippen MR) is 48.7 cm³/mol. The molecule has 2 nitrogen and oxygen atoms in total. The highest BCUT2D eigenvalue weighted by molar-refractivity contribution is 5.11. The lowest BCUT2D eigenvalue weighted by Gasteiger charge is -2.25. The fourth-order valence-corrected chi connectivity index (χ4v) is 1.38. The van der Waals surface area contributed by atoms with Crippen LogP contribution in [0.1, 0.15) is 34.1 Å². The summed E-state index contributed by atoms with van der Waals surface area (Å²) in [5.74, 6) is 0. The first-order valence-electron chi connectivity index (χ1n) is 4.43. The van der Waals surface area contributed by atoms with Gasteiger partial charge in [-0.1, -0.05) is 26.8 Å². The maximum atomic E-state index is 9.43. The molecule has 2 heteroatoms. The smallest absolute Gasteiger partial charge is 0.177 e. The van der Waals surface area contributed by atoms with Gasteiger partial charge in [0.2, 0.25) is 0 Å². The number of aliphatic hydroxyl groups excluding tert-OH is 1. The van der Waals surface area contributed by atoms with Crippen LogP contribution in [0.5, 0.6) is 0 Å². The molecular weight excluding hydrogens is 152 g/mol. The fourth-order valence-electron chi connectivity index (χ4n) is 1.38. The molecule has 12 heavy (non-hydrogen) atoms. The first-order valence-corrected chi connectivity index (χ1v) is 4.43. The van der Waals surface area contributed by atoms with Gasteiger partial charge in [0, 0.05) is 6.42 Å². The lowest BCUT2D eigenvalue weighted by molar-refractivity contribution is -0.106. The summed E-state index contributed by atoms with van der Waals surface area (Å²) in [5, 5.41) is 9.43. The van der Waals surface area contributed by atoms with E-state index in [4.69, 9.17) is 4.74 Å². The van der Waals surface area contributed by atoms with Crippen molar-refractivity contribution in [3.05, 3.63) is 11.6 Å². The number of rotatable bonds is 0. The zero-order chi connectivity index (χ0) is 9.35. The average Bonchev–Trinajstić information content (AvgIpc) is 2.29. The van der Waals surface area contributed by atoms with Crippen LogP contribution < -0.4 is 0 Å². The molecule has 1 rings (SSSR count). The van der Waals surface area contributed by atoms with Gasteiger partial charge in [0.1, 0.15) is 0 Å². The first kappa shape index (κ1) is 9.75. The number of hydrogen-bond donors (Lipinski definition) is 1. The molecule has 1 saturated heterocycles. The normalized spacial score (nSPS) is 34.6. The SMILES string of the molecule is C/C=C1\CC(C(C)(C)C)OC1O. The molecule has 1 heterocycles. The van der Waals surface area contributed by atoms with Crippen molar-refractivity contribution in [2.75, 3.05) is 0 Å². The second-order valence-corrected chi connectivity index (χ2v) is 4.41. The summed E-state index contributed by atoms with van der Waals surface area (Å²) < 4.78 is 5.42. The topological polar surface area (TPSA) is 29.5 Å². The fraction of sp³-hybridized carbons (Fsp3) is 0.800. The predicted octanol–water partition coefficient (Wildman–Crippen LogP) is 2.09. The lowest BCUT2D eigenvalue weighted by Crippen LogP contribution is -2.26. The van der Waals surface area contributed by atoms with E-state index in [9.17, 15) is 5.11 Å². The van der Waals surface area contributed by atoms with Gasteiger partial charge in [-0.25, -0.2) is 0 Å². The minimum atomic E-state index is -0.667. The first-order chi connectivity index (χ1) is 5.45. The summed E-state index contributed by atoms with van der Waals surface area (Å²) in [6, 6.07) is 0. The van der Waals surface area contributed by atoms with Crippen molar-refractivity contribution in [1.29, 1.82) is 0 Å². The summed E-state index contributed by atoms with van der Waals surface area (Å²) in [5.41, 5.74) is 1.13.